The summed E-state index contributed by atoms with van der Waals surface area (Å²) in [5, 5.41) is 24.1. The van der Waals surface area contributed by atoms with Gasteiger partial charge in [-0.2, -0.15) is 5.26 Å². The third-order valence-electron chi connectivity index (χ3n) is 8.73. The van der Waals surface area contributed by atoms with Crippen molar-refractivity contribution in [3.63, 3.8) is 0 Å². The average molecular weight is 558 g/mol. The Morgan fingerprint density at radius 3 is 1.88 bits per heavy atom. The zero-order valence-electron chi connectivity index (χ0n) is 24.2. The van der Waals surface area contributed by atoms with E-state index < -0.39 is 34.7 Å². The SMILES string of the molecule is CCOC(=O)[C@@]1(C#N)[C@H](c2ccc(C)cc2)C[C@](O)(c2ccccc2)[C@H](C(=O)c2ccccc2)[C@@H]1c1ccc(C)cc1. The molecule has 4 aromatic carbocycles. The molecule has 0 unspecified atom stereocenters. The van der Waals surface area contributed by atoms with Gasteiger partial charge in [0.1, 0.15) is 5.60 Å². The van der Waals surface area contributed by atoms with Crippen molar-refractivity contribution in [1.29, 1.82) is 5.26 Å². The number of Topliss-reactive ketones (excluding diaryl/α,β-unsaturated/α-hetero) is 1. The maximum absolute atomic E-state index is 14.7. The van der Waals surface area contributed by atoms with Gasteiger partial charge in [-0.05, 0) is 43.9 Å². The van der Waals surface area contributed by atoms with E-state index in [2.05, 4.69) is 6.07 Å². The lowest BCUT2D eigenvalue weighted by Gasteiger charge is -2.54. The number of carbonyl (C=O) groups is 2. The first-order chi connectivity index (χ1) is 20.3. The Labute approximate surface area is 247 Å². The van der Waals surface area contributed by atoms with Crippen LogP contribution >= 0.6 is 0 Å². The van der Waals surface area contributed by atoms with E-state index in [-0.39, 0.29) is 18.8 Å². The molecule has 5 nitrogen and oxygen atoms in total. The number of ketones is 1. The summed E-state index contributed by atoms with van der Waals surface area (Å²) >= 11 is 0. The summed E-state index contributed by atoms with van der Waals surface area (Å²) in [6, 6.07) is 35.6. The fraction of sp³-hybridized carbons (Fsp3) is 0.270. The Morgan fingerprint density at radius 2 is 1.36 bits per heavy atom. The van der Waals surface area contributed by atoms with Gasteiger partial charge in [-0.25, -0.2) is 0 Å². The van der Waals surface area contributed by atoms with Gasteiger partial charge in [-0.1, -0.05) is 120 Å². The van der Waals surface area contributed by atoms with Crippen LogP contribution < -0.4 is 0 Å². The lowest BCUT2D eigenvalue weighted by molar-refractivity contribution is -0.164. The van der Waals surface area contributed by atoms with Crippen LogP contribution in [0.15, 0.2) is 109 Å². The van der Waals surface area contributed by atoms with E-state index in [0.29, 0.717) is 16.7 Å². The maximum atomic E-state index is 14.7. The monoisotopic (exact) mass is 557 g/mol. The molecular formula is C37H35NO4. The van der Waals surface area contributed by atoms with Gasteiger partial charge < -0.3 is 9.84 Å². The van der Waals surface area contributed by atoms with Crippen molar-refractivity contribution in [2.45, 2.75) is 44.6 Å². The number of benzene rings is 4. The van der Waals surface area contributed by atoms with Crippen molar-refractivity contribution in [1.82, 2.24) is 0 Å². The lowest BCUT2D eigenvalue weighted by Crippen LogP contribution is -2.59. The smallest absolute Gasteiger partial charge is 0.327 e. The van der Waals surface area contributed by atoms with Crippen molar-refractivity contribution in [2.75, 3.05) is 6.61 Å². The highest BCUT2D eigenvalue weighted by atomic mass is 16.5. The molecule has 1 fully saturated rings. The molecule has 1 saturated carbocycles. The Kier molecular flexibility index (Phi) is 8.11. The van der Waals surface area contributed by atoms with Crippen LogP contribution in [-0.4, -0.2) is 23.5 Å². The van der Waals surface area contributed by atoms with Gasteiger partial charge in [0.15, 0.2) is 11.2 Å². The second-order valence-corrected chi connectivity index (χ2v) is 11.3. The second-order valence-electron chi connectivity index (χ2n) is 11.3. The summed E-state index contributed by atoms with van der Waals surface area (Å²) in [4.78, 5) is 29.0. The fourth-order valence-electron chi connectivity index (χ4n) is 6.65. The largest absolute Gasteiger partial charge is 0.465 e. The summed E-state index contributed by atoms with van der Waals surface area (Å²) in [6.45, 7) is 5.71. The van der Waals surface area contributed by atoms with E-state index >= 15 is 0 Å². The van der Waals surface area contributed by atoms with Crippen molar-refractivity contribution in [3.8, 4) is 6.07 Å². The number of esters is 1. The van der Waals surface area contributed by atoms with Gasteiger partial charge in [0.05, 0.1) is 18.6 Å². The quantitative estimate of drug-likeness (QED) is 0.195. The van der Waals surface area contributed by atoms with Crippen molar-refractivity contribution in [3.05, 3.63) is 143 Å². The fourth-order valence-corrected chi connectivity index (χ4v) is 6.65. The molecule has 0 amide bonds. The van der Waals surface area contributed by atoms with E-state index in [1.807, 2.05) is 98.8 Å². The van der Waals surface area contributed by atoms with E-state index in [4.69, 9.17) is 4.74 Å². The number of nitrogens with zero attached hydrogens (tertiary/aromatic N) is 1. The zero-order valence-corrected chi connectivity index (χ0v) is 24.2. The normalized spacial score (nSPS) is 25.3. The Hall–Kier alpha value is -4.53. The molecule has 0 aromatic heterocycles. The minimum atomic E-state index is -1.81. The van der Waals surface area contributed by atoms with Crippen molar-refractivity contribution < 1.29 is 19.4 Å². The summed E-state index contributed by atoms with van der Waals surface area (Å²) in [6.07, 6.45) is -0.0297. The highest BCUT2D eigenvalue weighted by Gasteiger charge is 2.67. The Bertz CT molecular complexity index is 1590. The van der Waals surface area contributed by atoms with Crippen LogP contribution in [0.1, 0.15) is 63.4 Å². The van der Waals surface area contributed by atoms with E-state index in [0.717, 1.165) is 16.7 Å². The molecule has 1 aliphatic carbocycles. The number of carbonyl (C=O) groups excluding carboxylic acids is 2. The molecule has 4 aromatic rings. The number of aryl methyl sites for hydroxylation is 2. The third kappa shape index (κ3) is 4.93. The van der Waals surface area contributed by atoms with Gasteiger partial charge in [0, 0.05) is 17.4 Å². The molecule has 5 atom stereocenters. The predicted octanol–water partition coefficient (Wildman–Crippen LogP) is 7.03. The molecule has 1 aliphatic rings. The van der Waals surface area contributed by atoms with Crippen LogP contribution in [-0.2, 0) is 15.1 Å². The first-order valence-electron chi connectivity index (χ1n) is 14.3. The summed E-state index contributed by atoms with van der Waals surface area (Å²) in [7, 11) is 0. The number of aliphatic hydroxyl groups is 1. The van der Waals surface area contributed by atoms with Crippen LogP contribution in [0.4, 0.5) is 0 Å². The molecule has 0 heterocycles. The highest BCUT2D eigenvalue weighted by molar-refractivity contribution is 6.00. The second kappa shape index (κ2) is 11.8. The van der Waals surface area contributed by atoms with E-state index in [9.17, 15) is 20.0 Å². The van der Waals surface area contributed by atoms with E-state index in [1.54, 1.807) is 31.2 Å². The molecule has 1 N–H and O–H groups in total. The van der Waals surface area contributed by atoms with Crippen LogP contribution in [0.2, 0.25) is 0 Å². The van der Waals surface area contributed by atoms with Gasteiger partial charge in [0.25, 0.3) is 0 Å². The van der Waals surface area contributed by atoms with Crippen LogP contribution in [0, 0.1) is 36.5 Å². The van der Waals surface area contributed by atoms with Gasteiger partial charge >= 0.3 is 5.97 Å². The average Bonchev–Trinajstić information content (AvgIpc) is 3.02. The number of ether oxygens (including phenoxy) is 1. The third-order valence-corrected chi connectivity index (χ3v) is 8.73. The summed E-state index contributed by atoms with van der Waals surface area (Å²) < 4.78 is 5.68. The summed E-state index contributed by atoms with van der Waals surface area (Å²) in [5.74, 6) is -4.00. The van der Waals surface area contributed by atoms with Crippen molar-refractivity contribution >= 4 is 11.8 Å². The van der Waals surface area contributed by atoms with Crippen LogP contribution in [0.3, 0.4) is 0 Å². The number of rotatable bonds is 7. The Balaban J connectivity index is 1.89. The minimum absolute atomic E-state index is 0.0297. The predicted molar refractivity (Wildman–Crippen MR) is 162 cm³/mol. The molecule has 0 aliphatic heterocycles. The van der Waals surface area contributed by atoms with Gasteiger partial charge in [0.2, 0.25) is 0 Å². The molecule has 212 valence electrons. The van der Waals surface area contributed by atoms with Crippen molar-refractivity contribution in [2.24, 2.45) is 11.3 Å². The first-order valence-corrected chi connectivity index (χ1v) is 14.3. The number of nitriles is 1. The molecular weight excluding hydrogens is 522 g/mol. The van der Waals surface area contributed by atoms with E-state index in [1.165, 1.54) is 0 Å². The molecule has 0 spiro atoms. The van der Waals surface area contributed by atoms with Gasteiger partial charge in [-0.15, -0.1) is 0 Å². The maximum Gasteiger partial charge on any atom is 0.327 e. The molecule has 5 heteroatoms. The standard InChI is InChI=1S/C37H35NO4/c1-4-42-35(40)36(24-38)31(27-19-15-25(2)16-20-27)23-37(41,30-13-9-6-10-14-30)33(34(39)29-11-7-5-8-12-29)32(36)28-21-17-26(3)18-22-28/h5-22,31-33,41H,4,23H2,1-3H3/t31-,32-,33-,36-,37-/m0/s1. The van der Waals surface area contributed by atoms with Crippen LogP contribution in [0.5, 0.6) is 0 Å². The number of hydrogen-bond donors (Lipinski definition) is 1. The van der Waals surface area contributed by atoms with Gasteiger partial charge in [-0.3, -0.25) is 9.59 Å². The molecule has 0 radical (unpaired) electrons. The molecule has 42 heavy (non-hydrogen) atoms. The summed E-state index contributed by atoms with van der Waals surface area (Å²) in [5.41, 5.74) is 0.805. The molecule has 0 bridgehead atoms. The lowest BCUT2D eigenvalue weighted by atomic mass is 9.47. The topological polar surface area (TPSA) is 87.4 Å². The van der Waals surface area contributed by atoms with Crippen LogP contribution in [0.25, 0.3) is 0 Å². The zero-order chi connectivity index (χ0) is 29.9. The number of hydrogen-bond acceptors (Lipinski definition) is 5. The highest BCUT2D eigenvalue weighted by Crippen LogP contribution is 2.63. The molecule has 5 rings (SSSR count). The molecule has 0 saturated heterocycles. The minimum Gasteiger partial charge on any atom is -0.465 e. The first kappa shape index (κ1) is 29.0. The Morgan fingerprint density at radius 1 is 0.833 bits per heavy atom.